The van der Waals surface area contributed by atoms with Crippen LogP contribution in [0.5, 0.6) is 0 Å². The summed E-state index contributed by atoms with van der Waals surface area (Å²) in [5.41, 5.74) is -0.905. The number of halogens is 5. The molecule has 0 unspecified atom stereocenters. The lowest BCUT2D eigenvalue weighted by Gasteiger charge is -2.34. The molecule has 20 heavy (non-hydrogen) atoms. The minimum atomic E-state index is -4.54. The van der Waals surface area contributed by atoms with Gasteiger partial charge in [0.1, 0.15) is 6.67 Å². The molecule has 0 spiro atoms. The second-order valence-corrected chi connectivity index (χ2v) is 5.12. The first-order valence-corrected chi connectivity index (χ1v) is 6.68. The molecule has 1 fully saturated rings. The zero-order valence-electron chi connectivity index (χ0n) is 10.7. The van der Waals surface area contributed by atoms with Crippen molar-refractivity contribution in [3.63, 3.8) is 0 Å². The van der Waals surface area contributed by atoms with Gasteiger partial charge in [0.15, 0.2) is 0 Å². The molecule has 1 aromatic carbocycles. The standard InChI is InChI=1S/C13H15ClF4N2/c14-9-1-2-10(11(7-9)13(16,17)18)12(8-15)20-5-3-19-4-6-20/h1-2,7,12,19H,3-6,8H2/t12-/m0/s1. The van der Waals surface area contributed by atoms with Gasteiger partial charge in [0.2, 0.25) is 0 Å². The Labute approximate surface area is 119 Å². The Hall–Kier alpha value is -0.850. The molecule has 0 amide bonds. The third-order valence-electron chi connectivity index (χ3n) is 3.42. The highest BCUT2D eigenvalue weighted by Gasteiger charge is 2.37. The molecule has 112 valence electrons. The number of nitrogens with zero attached hydrogens (tertiary/aromatic N) is 1. The predicted octanol–water partition coefficient (Wildman–Crippen LogP) is 3.27. The van der Waals surface area contributed by atoms with Crippen molar-refractivity contribution in [2.45, 2.75) is 12.2 Å². The summed E-state index contributed by atoms with van der Waals surface area (Å²) in [6.45, 7) is 1.48. The number of hydrogen-bond donors (Lipinski definition) is 1. The highest BCUT2D eigenvalue weighted by atomic mass is 35.5. The van der Waals surface area contributed by atoms with E-state index < -0.39 is 24.5 Å². The first-order valence-electron chi connectivity index (χ1n) is 6.31. The highest BCUT2D eigenvalue weighted by molar-refractivity contribution is 6.30. The van der Waals surface area contributed by atoms with Crippen molar-refractivity contribution in [1.29, 1.82) is 0 Å². The largest absolute Gasteiger partial charge is 0.416 e. The van der Waals surface area contributed by atoms with Crippen molar-refractivity contribution < 1.29 is 17.6 Å². The zero-order chi connectivity index (χ0) is 14.8. The lowest BCUT2D eigenvalue weighted by molar-refractivity contribution is -0.138. The molecule has 1 aromatic rings. The lowest BCUT2D eigenvalue weighted by atomic mass is 9.99. The Morgan fingerprint density at radius 2 is 1.90 bits per heavy atom. The molecule has 7 heteroatoms. The van der Waals surface area contributed by atoms with Crippen LogP contribution in [0.3, 0.4) is 0 Å². The first kappa shape index (κ1) is 15.5. The lowest BCUT2D eigenvalue weighted by Crippen LogP contribution is -2.46. The van der Waals surface area contributed by atoms with Crippen LogP contribution in [-0.2, 0) is 6.18 Å². The summed E-state index contributed by atoms with van der Waals surface area (Å²) in [7, 11) is 0. The van der Waals surface area contributed by atoms with Gasteiger partial charge in [0.25, 0.3) is 0 Å². The topological polar surface area (TPSA) is 15.3 Å². The number of rotatable bonds is 3. The summed E-state index contributed by atoms with van der Waals surface area (Å²) in [5, 5.41) is 3.09. The quantitative estimate of drug-likeness (QED) is 0.862. The van der Waals surface area contributed by atoms with Crippen LogP contribution in [0.1, 0.15) is 17.2 Å². The van der Waals surface area contributed by atoms with Crippen LogP contribution in [0.4, 0.5) is 17.6 Å². The van der Waals surface area contributed by atoms with Crippen LogP contribution >= 0.6 is 11.6 Å². The van der Waals surface area contributed by atoms with Crippen molar-refractivity contribution in [2.24, 2.45) is 0 Å². The van der Waals surface area contributed by atoms with E-state index in [2.05, 4.69) is 5.32 Å². The molecule has 1 heterocycles. The van der Waals surface area contributed by atoms with E-state index in [1.807, 2.05) is 0 Å². The van der Waals surface area contributed by atoms with E-state index in [0.717, 1.165) is 6.07 Å². The van der Waals surface area contributed by atoms with Gasteiger partial charge in [-0.1, -0.05) is 17.7 Å². The monoisotopic (exact) mass is 310 g/mol. The normalized spacial score (nSPS) is 19.1. The van der Waals surface area contributed by atoms with Crippen molar-refractivity contribution in [2.75, 3.05) is 32.9 Å². The van der Waals surface area contributed by atoms with Gasteiger partial charge in [-0.05, 0) is 17.7 Å². The molecule has 0 saturated carbocycles. The fraction of sp³-hybridized carbons (Fsp3) is 0.538. The molecule has 0 radical (unpaired) electrons. The van der Waals surface area contributed by atoms with Crippen LogP contribution in [0.2, 0.25) is 5.02 Å². The van der Waals surface area contributed by atoms with Gasteiger partial charge < -0.3 is 5.32 Å². The fourth-order valence-electron chi connectivity index (χ4n) is 2.44. The summed E-state index contributed by atoms with van der Waals surface area (Å²) in [4.78, 5) is 1.73. The van der Waals surface area contributed by atoms with Gasteiger partial charge in [0, 0.05) is 31.2 Å². The second kappa shape index (κ2) is 6.28. The fourth-order valence-corrected chi connectivity index (χ4v) is 2.61. The molecule has 1 aliphatic heterocycles. The van der Waals surface area contributed by atoms with Gasteiger partial charge >= 0.3 is 6.18 Å². The molecule has 0 aromatic heterocycles. The first-order chi connectivity index (χ1) is 9.43. The average Bonchev–Trinajstić information content (AvgIpc) is 2.41. The van der Waals surface area contributed by atoms with Crippen LogP contribution in [0.25, 0.3) is 0 Å². The van der Waals surface area contributed by atoms with E-state index in [1.54, 1.807) is 4.90 Å². The Balaban J connectivity index is 2.38. The molecule has 1 atom stereocenters. The minimum absolute atomic E-state index is 0.000931. The Bertz CT molecular complexity index is 458. The third kappa shape index (κ3) is 3.42. The average molecular weight is 311 g/mol. The summed E-state index contributed by atoms with van der Waals surface area (Å²) in [6.07, 6.45) is -4.54. The number of piperazine rings is 1. The van der Waals surface area contributed by atoms with E-state index in [-0.39, 0.29) is 10.6 Å². The SMILES string of the molecule is FC[C@@H](c1ccc(Cl)cc1C(F)(F)F)N1CCNCC1. The maximum Gasteiger partial charge on any atom is 0.416 e. The summed E-state index contributed by atoms with van der Waals surface area (Å²) in [5.74, 6) is 0. The summed E-state index contributed by atoms with van der Waals surface area (Å²) >= 11 is 5.64. The maximum absolute atomic E-state index is 13.3. The maximum atomic E-state index is 13.3. The molecule has 2 rings (SSSR count). The van der Waals surface area contributed by atoms with Crippen LogP contribution in [-0.4, -0.2) is 37.8 Å². The predicted molar refractivity (Wildman–Crippen MR) is 69.6 cm³/mol. The molecule has 0 bridgehead atoms. The molecule has 1 N–H and O–H groups in total. The molecule has 0 aliphatic carbocycles. The Morgan fingerprint density at radius 1 is 1.25 bits per heavy atom. The smallest absolute Gasteiger partial charge is 0.314 e. The van der Waals surface area contributed by atoms with Crippen molar-refractivity contribution in [1.82, 2.24) is 10.2 Å². The second-order valence-electron chi connectivity index (χ2n) is 4.69. The van der Waals surface area contributed by atoms with E-state index in [0.29, 0.717) is 26.2 Å². The van der Waals surface area contributed by atoms with Crippen molar-refractivity contribution in [3.8, 4) is 0 Å². The van der Waals surface area contributed by atoms with E-state index >= 15 is 0 Å². The van der Waals surface area contributed by atoms with Gasteiger partial charge in [0.05, 0.1) is 11.6 Å². The molecule has 1 aliphatic rings. The van der Waals surface area contributed by atoms with Gasteiger partial charge in [-0.3, -0.25) is 4.90 Å². The summed E-state index contributed by atoms with van der Waals surface area (Å²) < 4.78 is 52.6. The third-order valence-corrected chi connectivity index (χ3v) is 3.65. The number of nitrogens with one attached hydrogen (secondary N) is 1. The Kier molecular flexibility index (Phi) is 4.88. The van der Waals surface area contributed by atoms with Gasteiger partial charge in [-0.15, -0.1) is 0 Å². The molecule has 2 nitrogen and oxygen atoms in total. The molecular weight excluding hydrogens is 296 g/mol. The van der Waals surface area contributed by atoms with E-state index in [4.69, 9.17) is 11.6 Å². The van der Waals surface area contributed by atoms with E-state index in [9.17, 15) is 17.6 Å². The van der Waals surface area contributed by atoms with E-state index in [1.165, 1.54) is 12.1 Å². The van der Waals surface area contributed by atoms with Gasteiger partial charge in [-0.25, -0.2) is 4.39 Å². The highest BCUT2D eigenvalue weighted by Crippen LogP contribution is 2.38. The molecule has 1 saturated heterocycles. The summed E-state index contributed by atoms with van der Waals surface area (Å²) in [6, 6.07) is 2.63. The van der Waals surface area contributed by atoms with Crippen LogP contribution < -0.4 is 5.32 Å². The minimum Gasteiger partial charge on any atom is -0.314 e. The zero-order valence-corrected chi connectivity index (χ0v) is 11.4. The molecular formula is C13H15ClF4N2. The van der Waals surface area contributed by atoms with Gasteiger partial charge in [-0.2, -0.15) is 13.2 Å². The van der Waals surface area contributed by atoms with Crippen LogP contribution in [0.15, 0.2) is 18.2 Å². The number of benzene rings is 1. The van der Waals surface area contributed by atoms with Crippen molar-refractivity contribution >= 4 is 11.6 Å². The number of hydrogen-bond acceptors (Lipinski definition) is 2. The van der Waals surface area contributed by atoms with Crippen LogP contribution in [0, 0.1) is 0 Å². The Morgan fingerprint density at radius 3 is 2.45 bits per heavy atom. The number of alkyl halides is 4. The van der Waals surface area contributed by atoms with Crippen molar-refractivity contribution in [3.05, 3.63) is 34.3 Å².